The highest BCUT2D eigenvalue weighted by Gasteiger charge is 2.21. The molecule has 0 spiro atoms. The highest BCUT2D eigenvalue weighted by molar-refractivity contribution is 5.87. The Morgan fingerprint density at radius 1 is 0.963 bits per heavy atom. The van der Waals surface area contributed by atoms with Gasteiger partial charge in [-0.2, -0.15) is 10.4 Å². The molecule has 4 nitrogen and oxygen atoms in total. The Labute approximate surface area is 158 Å². The van der Waals surface area contributed by atoms with Crippen LogP contribution in [0.25, 0.3) is 21.9 Å². The van der Waals surface area contributed by atoms with E-state index in [4.69, 9.17) is 0 Å². The van der Waals surface area contributed by atoms with Gasteiger partial charge >= 0.3 is 0 Å². The molecule has 1 aromatic heterocycles. The van der Waals surface area contributed by atoms with E-state index < -0.39 is 5.41 Å². The van der Waals surface area contributed by atoms with Crippen molar-refractivity contribution in [2.24, 2.45) is 0 Å². The zero-order valence-electron chi connectivity index (χ0n) is 15.4. The lowest BCUT2D eigenvalue weighted by molar-refractivity contribution is 0.668. The van der Waals surface area contributed by atoms with Gasteiger partial charge in [0.25, 0.3) is 0 Å². The Bertz CT molecular complexity index is 1130. The van der Waals surface area contributed by atoms with Crippen LogP contribution >= 0.6 is 0 Å². The first-order valence-corrected chi connectivity index (χ1v) is 8.92. The molecule has 0 bridgehead atoms. The van der Waals surface area contributed by atoms with Gasteiger partial charge in [-0.15, -0.1) is 0 Å². The number of rotatable bonds is 4. The van der Waals surface area contributed by atoms with E-state index in [-0.39, 0.29) is 0 Å². The zero-order chi connectivity index (χ0) is 18.9. The minimum absolute atomic E-state index is 0.566. The fraction of sp³-hybridized carbons (Fsp3) is 0.174. The highest BCUT2D eigenvalue weighted by Crippen LogP contribution is 2.31. The number of hydrogen-bond acceptors (Lipinski definition) is 3. The molecule has 27 heavy (non-hydrogen) atoms. The molecule has 0 saturated heterocycles. The van der Waals surface area contributed by atoms with E-state index in [1.54, 1.807) is 11.0 Å². The second kappa shape index (κ2) is 6.69. The molecule has 4 rings (SSSR count). The molecular formula is C23H20N4. The van der Waals surface area contributed by atoms with Gasteiger partial charge in [0.1, 0.15) is 12.7 Å². The maximum Gasteiger partial charge on any atom is 0.137 e. The molecule has 0 radical (unpaired) electrons. The van der Waals surface area contributed by atoms with Gasteiger partial charge in [0.2, 0.25) is 0 Å². The Morgan fingerprint density at radius 2 is 1.78 bits per heavy atom. The number of nitriles is 1. The van der Waals surface area contributed by atoms with Crippen molar-refractivity contribution in [2.75, 3.05) is 0 Å². The van der Waals surface area contributed by atoms with E-state index in [2.05, 4.69) is 70.7 Å². The van der Waals surface area contributed by atoms with Gasteiger partial charge in [0.15, 0.2) is 0 Å². The van der Waals surface area contributed by atoms with E-state index >= 15 is 0 Å². The molecule has 132 valence electrons. The fourth-order valence-corrected chi connectivity index (χ4v) is 3.25. The predicted octanol–water partition coefficient (Wildman–Crippen LogP) is 4.95. The van der Waals surface area contributed by atoms with Crippen LogP contribution in [0.5, 0.6) is 0 Å². The molecule has 0 atom stereocenters. The van der Waals surface area contributed by atoms with Crippen molar-refractivity contribution in [1.82, 2.24) is 14.8 Å². The molecule has 0 unspecified atom stereocenters. The lowest BCUT2D eigenvalue weighted by Gasteiger charge is -2.19. The number of fused-ring (bicyclic) bond motifs is 1. The summed E-state index contributed by atoms with van der Waals surface area (Å²) in [7, 11) is 0. The van der Waals surface area contributed by atoms with Gasteiger partial charge in [0.05, 0.1) is 18.0 Å². The molecule has 0 fully saturated rings. The summed E-state index contributed by atoms with van der Waals surface area (Å²) in [6.45, 7) is 4.52. The molecule has 0 aliphatic carbocycles. The van der Waals surface area contributed by atoms with Gasteiger partial charge in [0, 0.05) is 0 Å². The van der Waals surface area contributed by atoms with Crippen molar-refractivity contribution < 1.29 is 0 Å². The van der Waals surface area contributed by atoms with Crippen molar-refractivity contribution in [3.63, 3.8) is 0 Å². The highest BCUT2D eigenvalue weighted by atomic mass is 15.3. The third kappa shape index (κ3) is 3.45. The van der Waals surface area contributed by atoms with E-state index in [1.807, 2.05) is 19.9 Å². The van der Waals surface area contributed by atoms with Crippen LogP contribution in [0.1, 0.15) is 25.0 Å². The van der Waals surface area contributed by atoms with E-state index in [9.17, 15) is 5.26 Å². The summed E-state index contributed by atoms with van der Waals surface area (Å²) in [5.41, 5.74) is 3.79. The molecule has 0 N–H and O–H groups in total. The minimum atomic E-state index is -0.566. The molecular weight excluding hydrogens is 332 g/mol. The summed E-state index contributed by atoms with van der Waals surface area (Å²) in [5, 5.41) is 16.3. The van der Waals surface area contributed by atoms with Crippen molar-refractivity contribution in [2.45, 2.75) is 25.8 Å². The maximum atomic E-state index is 9.62. The normalized spacial score (nSPS) is 11.4. The van der Waals surface area contributed by atoms with Crippen LogP contribution in [0.4, 0.5) is 0 Å². The zero-order valence-corrected chi connectivity index (χ0v) is 15.4. The summed E-state index contributed by atoms with van der Waals surface area (Å²) < 4.78 is 1.79. The first-order valence-electron chi connectivity index (χ1n) is 8.92. The van der Waals surface area contributed by atoms with Crippen LogP contribution in [0.3, 0.4) is 0 Å². The Balaban J connectivity index is 1.84. The number of benzene rings is 3. The van der Waals surface area contributed by atoms with Crippen LogP contribution < -0.4 is 0 Å². The third-order valence-corrected chi connectivity index (χ3v) is 4.89. The van der Waals surface area contributed by atoms with Gasteiger partial charge in [-0.25, -0.2) is 9.67 Å². The SMILES string of the molecule is CC(C)(C#N)c1cc(Cn2cncn2)cc(-c2ccc3ccccc3c2)c1. The van der Waals surface area contributed by atoms with Crippen molar-refractivity contribution in [3.05, 3.63) is 84.4 Å². The average Bonchev–Trinajstić information content (AvgIpc) is 3.20. The number of nitrogens with zero attached hydrogens (tertiary/aromatic N) is 4. The molecule has 4 heteroatoms. The van der Waals surface area contributed by atoms with Crippen molar-refractivity contribution >= 4 is 10.8 Å². The fourth-order valence-electron chi connectivity index (χ4n) is 3.25. The van der Waals surface area contributed by atoms with Crippen LogP contribution in [0.15, 0.2) is 73.3 Å². The van der Waals surface area contributed by atoms with Gasteiger partial charge in [-0.05, 0) is 65.1 Å². The van der Waals surface area contributed by atoms with Crippen LogP contribution in [0.2, 0.25) is 0 Å². The Kier molecular flexibility index (Phi) is 4.21. The number of aromatic nitrogens is 3. The van der Waals surface area contributed by atoms with Gasteiger partial charge in [-0.3, -0.25) is 0 Å². The Morgan fingerprint density at radius 3 is 2.52 bits per heavy atom. The monoisotopic (exact) mass is 352 g/mol. The first-order chi connectivity index (χ1) is 13.0. The molecule has 4 aromatic rings. The van der Waals surface area contributed by atoms with Gasteiger partial charge in [-0.1, -0.05) is 42.5 Å². The molecule has 0 aliphatic rings. The van der Waals surface area contributed by atoms with Crippen LogP contribution in [-0.4, -0.2) is 14.8 Å². The number of hydrogen-bond donors (Lipinski definition) is 0. The lowest BCUT2D eigenvalue weighted by Crippen LogP contribution is -2.15. The Hall–Kier alpha value is -3.45. The van der Waals surface area contributed by atoms with Gasteiger partial charge < -0.3 is 0 Å². The second-order valence-electron chi connectivity index (χ2n) is 7.31. The van der Waals surface area contributed by atoms with Crippen LogP contribution in [0, 0.1) is 11.3 Å². The van der Waals surface area contributed by atoms with E-state index in [1.165, 1.54) is 17.1 Å². The summed E-state index contributed by atoms with van der Waals surface area (Å²) in [6.07, 6.45) is 3.24. The summed E-state index contributed by atoms with van der Waals surface area (Å²) in [5.74, 6) is 0. The summed E-state index contributed by atoms with van der Waals surface area (Å²) in [6, 6.07) is 23.6. The van der Waals surface area contributed by atoms with E-state index in [0.29, 0.717) is 6.54 Å². The molecule has 3 aromatic carbocycles. The average molecular weight is 352 g/mol. The predicted molar refractivity (Wildman–Crippen MR) is 107 cm³/mol. The molecule has 0 aliphatic heterocycles. The molecule has 0 saturated carbocycles. The quantitative estimate of drug-likeness (QED) is 0.522. The minimum Gasteiger partial charge on any atom is -0.249 e. The summed E-state index contributed by atoms with van der Waals surface area (Å²) in [4.78, 5) is 4.02. The summed E-state index contributed by atoms with van der Waals surface area (Å²) >= 11 is 0. The molecule has 1 heterocycles. The molecule has 0 amide bonds. The standard InChI is InChI=1S/C23H20N4/c1-23(2,14-24)22-10-17(13-27-16-25-15-26-27)9-21(12-22)20-8-7-18-5-3-4-6-19(18)11-20/h3-12,15-16H,13H2,1-2H3. The lowest BCUT2D eigenvalue weighted by atomic mass is 9.83. The van der Waals surface area contributed by atoms with Crippen LogP contribution in [-0.2, 0) is 12.0 Å². The second-order valence-corrected chi connectivity index (χ2v) is 7.31. The topological polar surface area (TPSA) is 54.5 Å². The third-order valence-electron chi connectivity index (χ3n) is 4.89. The van der Waals surface area contributed by atoms with E-state index in [0.717, 1.165) is 22.3 Å². The van der Waals surface area contributed by atoms with Crippen molar-refractivity contribution in [3.8, 4) is 17.2 Å². The first kappa shape index (κ1) is 17.0. The van der Waals surface area contributed by atoms with Crippen molar-refractivity contribution in [1.29, 1.82) is 5.26 Å². The maximum absolute atomic E-state index is 9.62. The smallest absolute Gasteiger partial charge is 0.137 e. The largest absolute Gasteiger partial charge is 0.249 e.